The van der Waals surface area contributed by atoms with E-state index in [9.17, 15) is 18.0 Å². The van der Waals surface area contributed by atoms with Crippen LogP contribution in [-0.4, -0.2) is 41.7 Å². The highest BCUT2D eigenvalue weighted by Crippen LogP contribution is 2.26. The fourth-order valence-electron chi connectivity index (χ4n) is 2.94. The van der Waals surface area contributed by atoms with Crippen molar-refractivity contribution in [3.63, 3.8) is 0 Å². The molecule has 0 bridgehead atoms. The molecule has 0 aliphatic carbocycles. The van der Waals surface area contributed by atoms with Crippen LogP contribution in [0.3, 0.4) is 0 Å². The molecule has 1 fully saturated rings. The molecule has 0 saturated carbocycles. The molecule has 1 aromatic carbocycles. The van der Waals surface area contributed by atoms with E-state index in [0.717, 1.165) is 0 Å². The van der Waals surface area contributed by atoms with Crippen molar-refractivity contribution in [2.45, 2.75) is 19.0 Å². The van der Waals surface area contributed by atoms with Crippen LogP contribution in [-0.2, 0) is 4.79 Å². The summed E-state index contributed by atoms with van der Waals surface area (Å²) >= 11 is 6.14. The van der Waals surface area contributed by atoms with Gasteiger partial charge in [-0.1, -0.05) is 23.7 Å². The molecule has 3 rings (SSSR count). The summed E-state index contributed by atoms with van der Waals surface area (Å²) in [5.41, 5.74) is 0.717. The summed E-state index contributed by atoms with van der Waals surface area (Å²) < 4.78 is 36.7. The molecule has 10 heteroatoms. The Morgan fingerprint density at radius 2 is 1.93 bits per heavy atom. The molecule has 28 heavy (non-hydrogen) atoms. The van der Waals surface area contributed by atoms with Gasteiger partial charge in [-0.25, -0.2) is 4.98 Å². The normalized spacial score (nSPS) is 15.4. The standard InChI is InChI=1S/C18H19ClF3N5O/c19-13-3-1-2-4-14(13)25-15-5-8-23-17(26-15)27-9-6-12(7-10-27)16(28)24-11-18(20,21)22/h1-5,8,12H,6-7,9-11H2,(H,24,28)(H,23,25,26). The Hall–Kier alpha value is -2.55. The topological polar surface area (TPSA) is 70.2 Å². The highest BCUT2D eigenvalue weighted by Gasteiger charge is 2.31. The maximum absolute atomic E-state index is 12.2. The number of para-hydroxylation sites is 1. The van der Waals surface area contributed by atoms with Gasteiger partial charge in [-0.3, -0.25) is 4.79 Å². The van der Waals surface area contributed by atoms with Crippen molar-refractivity contribution in [3.8, 4) is 0 Å². The number of rotatable bonds is 5. The predicted octanol–water partition coefficient (Wildman–Crippen LogP) is 3.77. The average molecular weight is 414 g/mol. The quantitative estimate of drug-likeness (QED) is 0.781. The van der Waals surface area contributed by atoms with Crippen molar-refractivity contribution in [1.82, 2.24) is 15.3 Å². The SMILES string of the molecule is O=C(NCC(F)(F)F)C1CCN(c2nccc(Nc3ccccc3Cl)n2)CC1. The van der Waals surface area contributed by atoms with Gasteiger partial charge in [0.15, 0.2) is 0 Å². The summed E-state index contributed by atoms with van der Waals surface area (Å²) in [5.74, 6) is 0.0596. The predicted molar refractivity (Wildman–Crippen MR) is 101 cm³/mol. The van der Waals surface area contributed by atoms with Crippen LogP contribution in [0.2, 0.25) is 5.02 Å². The molecule has 2 aromatic rings. The van der Waals surface area contributed by atoms with Gasteiger partial charge in [0, 0.05) is 25.2 Å². The lowest BCUT2D eigenvalue weighted by atomic mass is 9.96. The second-order valence-electron chi connectivity index (χ2n) is 6.44. The fourth-order valence-corrected chi connectivity index (χ4v) is 3.13. The second-order valence-corrected chi connectivity index (χ2v) is 6.85. The number of piperidine rings is 1. The number of hydrogen-bond acceptors (Lipinski definition) is 5. The first-order chi connectivity index (χ1) is 13.3. The maximum atomic E-state index is 12.2. The minimum absolute atomic E-state index is 0.440. The van der Waals surface area contributed by atoms with Crippen molar-refractivity contribution in [2.24, 2.45) is 5.92 Å². The summed E-state index contributed by atoms with van der Waals surface area (Å²) in [5, 5.41) is 5.64. The summed E-state index contributed by atoms with van der Waals surface area (Å²) in [6.07, 6.45) is -1.91. The summed E-state index contributed by atoms with van der Waals surface area (Å²) in [4.78, 5) is 22.5. The van der Waals surface area contributed by atoms with E-state index in [0.29, 0.717) is 48.4 Å². The number of benzene rings is 1. The van der Waals surface area contributed by atoms with E-state index >= 15 is 0 Å². The van der Waals surface area contributed by atoms with Crippen LogP contribution < -0.4 is 15.5 Å². The molecule has 150 valence electrons. The fraction of sp³-hybridized carbons (Fsp3) is 0.389. The van der Waals surface area contributed by atoms with Crippen LogP contribution in [0.25, 0.3) is 0 Å². The van der Waals surface area contributed by atoms with E-state index < -0.39 is 24.5 Å². The molecular formula is C18H19ClF3N5O. The molecule has 1 saturated heterocycles. The van der Waals surface area contributed by atoms with Crippen LogP contribution in [0.5, 0.6) is 0 Å². The first-order valence-electron chi connectivity index (χ1n) is 8.76. The minimum Gasteiger partial charge on any atom is -0.347 e. The maximum Gasteiger partial charge on any atom is 0.405 e. The van der Waals surface area contributed by atoms with Gasteiger partial charge >= 0.3 is 6.18 Å². The summed E-state index contributed by atoms with van der Waals surface area (Å²) in [6.45, 7) is -0.329. The van der Waals surface area contributed by atoms with E-state index in [4.69, 9.17) is 11.6 Å². The van der Waals surface area contributed by atoms with Gasteiger partial charge in [-0.2, -0.15) is 18.2 Å². The Morgan fingerprint density at radius 1 is 1.21 bits per heavy atom. The number of halogens is 4. The highest BCUT2D eigenvalue weighted by molar-refractivity contribution is 6.33. The minimum atomic E-state index is -4.40. The van der Waals surface area contributed by atoms with Crippen LogP contribution in [0, 0.1) is 5.92 Å². The van der Waals surface area contributed by atoms with E-state index in [2.05, 4.69) is 15.3 Å². The van der Waals surface area contributed by atoms with Gasteiger partial charge in [-0.05, 0) is 31.0 Å². The zero-order valence-corrected chi connectivity index (χ0v) is 15.6. The monoisotopic (exact) mass is 413 g/mol. The highest BCUT2D eigenvalue weighted by atomic mass is 35.5. The van der Waals surface area contributed by atoms with E-state index in [1.54, 1.807) is 18.3 Å². The molecule has 2 N–H and O–H groups in total. The Bertz CT molecular complexity index is 825. The molecular weight excluding hydrogens is 395 g/mol. The summed E-state index contributed by atoms with van der Waals surface area (Å²) in [7, 11) is 0. The Kier molecular flexibility index (Phi) is 6.23. The van der Waals surface area contributed by atoms with Gasteiger partial charge in [0.2, 0.25) is 11.9 Å². The zero-order valence-electron chi connectivity index (χ0n) is 14.8. The molecule has 1 aromatic heterocycles. The molecule has 1 aliphatic heterocycles. The molecule has 1 aliphatic rings. The molecule has 2 heterocycles. The first kappa shape index (κ1) is 20.2. The van der Waals surface area contributed by atoms with Gasteiger partial charge in [0.1, 0.15) is 12.4 Å². The number of aromatic nitrogens is 2. The van der Waals surface area contributed by atoms with Crippen LogP contribution in [0.15, 0.2) is 36.5 Å². The largest absolute Gasteiger partial charge is 0.405 e. The third-order valence-corrected chi connectivity index (χ3v) is 4.72. The van der Waals surface area contributed by atoms with E-state index in [1.165, 1.54) is 0 Å². The van der Waals surface area contributed by atoms with Crippen LogP contribution >= 0.6 is 11.6 Å². The van der Waals surface area contributed by atoms with Crippen molar-refractivity contribution in [1.29, 1.82) is 0 Å². The lowest BCUT2D eigenvalue weighted by Crippen LogP contribution is -2.43. The van der Waals surface area contributed by atoms with Gasteiger partial charge in [-0.15, -0.1) is 0 Å². The van der Waals surface area contributed by atoms with Crippen molar-refractivity contribution in [2.75, 3.05) is 29.9 Å². The summed E-state index contributed by atoms with van der Waals surface area (Å²) in [6, 6.07) is 8.98. The van der Waals surface area contributed by atoms with Gasteiger partial charge in [0.05, 0.1) is 10.7 Å². The molecule has 0 spiro atoms. The molecule has 6 nitrogen and oxygen atoms in total. The first-order valence-corrected chi connectivity index (χ1v) is 9.13. The second kappa shape index (κ2) is 8.64. The van der Waals surface area contributed by atoms with Crippen molar-refractivity contribution in [3.05, 3.63) is 41.6 Å². The number of nitrogens with zero attached hydrogens (tertiary/aromatic N) is 3. The number of nitrogens with one attached hydrogen (secondary N) is 2. The third kappa shape index (κ3) is 5.48. The Morgan fingerprint density at radius 3 is 2.61 bits per heavy atom. The smallest absolute Gasteiger partial charge is 0.347 e. The number of amides is 1. The molecule has 0 unspecified atom stereocenters. The van der Waals surface area contributed by atoms with E-state index in [-0.39, 0.29) is 0 Å². The number of anilines is 3. The molecule has 1 amide bonds. The number of alkyl halides is 3. The lowest BCUT2D eigenvalue weighted by molar-refractivity contribution is -0.141. The lowest BCUT2D eigenvalue weighted by Gasteiger charge is -2.31. The zero-order chi connectivity index (χ0) is 20.1. The third-order valence-electron chi connectivity index (χ3n) is 4.39. The van der Waals surface area contributed by atoms with Crippen LogP contribution in [0.1, 0.15) is 12.8 Å². The van der Waals surface area contributed by atoms with Crippen molar-refractivity contribution >= 4 is 35.0 Å². The van der Waals surface area contributed by atoms with Crippen molar-refractivity contribution < 1.29 is 18.0 Å². The Balaban J connectivity index is 1.57. The van der Waals surface area contributed by atoms with E-state index in [1.807, 2.05) is 28.4 Å². The number of carbonyl (C=O) groups excluding carboxylic acids is 1. The number of carbonyl (C=O) groups is 1. The van der Waals surface area contributed by atoms with Gasteiger partial charge in [0.25, 0.3) is 0 Å². The average Bonchev–Trinajstić information content (AvgIpc) is 2.68. The van der Waals surface area contributed by atoms with Crippen LogP contribution in [0.4, 0.5) is 30.6 Å². The molecule has 0 radical (unpaired) electrons. The molecule has 0 atom stereocenters. The Labute approximate surface area is 165 Å². The van der Waals surface area contributed by atoms with Gasteiger partial charge < -0.3 is 15.5 Å². The number of hydrogen-bond donors (Lipinski definition) is 2.